The fourth-order valence-electron chi connectivity index (χ4n) is 1.20. The standard InChI is InChI=1S/C9H7N3O4/c13-7(8-2-1-5-16-8)6-11-4-3-9(10-11)12(14)15/h1-5H,6H2. The zero-order valence-corrected chi connectivity index (χ0v) is 8.07. The van der Waals surface area contributed by atoms with Crippen molar-refractivity contribution >= 4 is 11.6 Å². The molecule has 0 radical (unpaired) electrons. The molecule has 2 aromatic heterocycles. The van der Waals surface area contributed by atoms with E-state index in [9.17, 15) is 14.9 Å². The molecule has 0 saturated carbocycles. The van der Waals surface area contributed by atoms with Gasteiger partial charge in [-0.1, -0.05) is 0 Å². The summed E-state index contributed by atoms with van der Waals surface area (Å²) in [5.41, 5.74) is 0. The van der Waals surface area contributed by atoms with Crippen LogP contribution in [0.25, 0.3) is 0 Å². The largest absolute Gasteiger partial charge is 0.461 e. The number of aromatic nitrogens is 2. The molecular formula is C9H7N3O4. The molecule has 0 aromatic carbocycles. The van der Waals surface area contributed by atoms with Crippen molar-refractivity contribution in [3.05, 3.63) is 46.5 Å². The van der Waals surface area contributed by atoms with Crippen molar-refractivity contribution in [1.29, 1.82) is 0 Å². The Morgan fingerprint density at radius 3 is 2.94 bits per heavy atom. The minimum atomic E-state index is -0.617. The lowest BCUT2D eigenvalue weighted by atomic mass is 10.3. The van der Waals surface area contributed by atoms with E-state index in [2.05, 4.69) is 5.10 Å². The van der Waals surface area contributed by atoms with Crippen molar-refractivity contribution in [3.63, 3.8) is 0 Å². The van der Waals surface area contributed by atoms with Crippen LogP contribution in [-0.4, -0.2) is 20.5 Å². The lowest BCUT2D eigenvalue weighted by molar-refractivity contribution is -0.389. The normalized spacial score (nSPS) is 10.2. The van der Waals surface area contributed by atoms with Gasteiger partial charge in [-0.15, -0.1) is 0 Å². The number of carbonyl (C=O) groups is 1. The molecule has 0 unspecified atom stereocenters. The van der Waals surface area contributed by atoms with E-state index in [4.69, 9.17) is 4.42 Å². The Bertz CT molecular complexity index is 515. The first-order valence-electron chi connectivity index (χ1n) is 4.41. The van der Waals surface area contributed by atoms with Crippen molar-refractivity contribution in [2.24, 2.45) is 0 Å². The average molecular weight is 221 g/mol. The SMILES string of the molecule is O=C(Cn1ccc([N+](=O)[O-])n1)c1ccco1. The molecule has 0 aliphatic carbocycles. The second-order valence-electron chi connectivity index (χ2n) is 3.03. The molecule has 2 aromatic rings. The number of hydrogen-bond donors (Lipinski definition) is 0. The Hall–Kier alpha value is -2.44. The lowest BCUT2D eigenvalue weighted by Crippen LogP contribution is -2.10. The maximum atomic E-state index is 11.5. The monoisotopic (exact) mass is 221 g/mol. The highest BCUT2D eigenvalue weighted by molar-refractivity contribution is 5.93. The van der Waals surface area contributed by atoms with Gasteiger partial charge in [0.05, 0.1) is 23.6 Å². The van der Waals surface area contributed by atoms with Gasteiger partial charge < -0.3 is 14.5 Å². The van der Waals surface area contributed by atoms with Crippen LogP contribution in [0.1, 0.15) is 10.6 Å². The van der Waals surface area contributed by atoms with Crippen LogP contribution in [0.15, 0.2) is 35.1 Å². The number of carbonyl (C=O) groups excluding carboxylic acids is 1. The Balaban J connectivity index is 2.09. The topological polar surface area (TPSA) is 91.2 Å². The van der Waals surface area contributed by atoms with Gasteiger partial charge in [0.15, 0.2) is 5.76 Å². The predicted molar refractivity (Wildman–Crippen MR) is 51.9 cm³/mol. The summed E-state index contributed by atoms with van der Waals surface area (Å²) in [7, 11) is 0. The van der Waals surface area contributed by atoms with Crippen LogP contribution in [0.4, 0.5) is 5.82 Å². The van der Waals surface area contributed by atoms with Gasteiger partial charge in [-0.2, -0.15) is 4.68 Å². The summed E-state index contributed by atoms with van der Waals surface area (Å²) in [6.07, 6.45) is 2.76. The van der Waals surface area contributed by atoms with Crippen LogP contribution in [0.3, 0.4) is 0 Å². The Labute approximate surface area is 89.4 Å². The van der Waals surface area contributed by atoms with Crippen LogP contribution in [0, 0.1) is 10.1 Å². The predicted octanol–water partition coefficient (Wildman–Crippen LogP) is 1.27. The minimum absolute atomic E-state index is 0.0820. The van der Waals surface area contributed by atoms with Gasteiger partial charge in [-0.05, 0) is 17.1 Å². The van der Waals surface area contributed by atoms with Crippen LogP contribution in [-0.2, 0) is 6.54 Å². The number of nitro groups is 1. The van der Waals surface area contributed by atoms with Gasteiger partial charge >= 0.3 is 5.82 Å². The molecule has 2 rings (SSSR count). The van der Waals surface area contributed by atoms with E-state index in [-0.39, 0.29) is 23.9 Å². The van der Waals surface area contributed by atoms with Crippen LogP contribution >= 0.6 is 0 Å². The molecule has 0 amide bonds. The van der Waals surface area contributed by atoms with Crippen molar-refractivity contribution in [2.75, 3.05) is 0 Å². The van der Waals surface area contributed by atoms with E-state index >= 15 is 0 Å². The van der Waals surface area contributed by atoms with Crippen molar-refractivity contribution in [2.45, 2.75) is 6.54 Å². The van der Waals surface area contributed by atoms with Crippen molar-refractivity contribution in [1.82, 2.24) is 9.78 Å². The Kier molecular flexibility index (Phi) is 2.50. The second-order valence-corrected chi connectivity index (χ2v) is 3.03. The zero-order valence-electron chi connectivity index (χ0n) is 8.07. The van der Waals surface area contributed by atoms with E-state index in [0.717, 1.165) is 0 Å². The van der Waals surface area contributed by atoms with E-state index in [1.165, 1.54) is 29.3 Å². The molecule has 0 atom stereocenters. The number of furan rings is 1. The number of hydrogen-bond acceptors (Lipinski definition) is 5. The van der Waals surface area contributed by atoms with Crippen LogP contribution in [0.5, 0.6) is 0 Å². The van der Waals surface area contributed by atoms with E-state index in [0.29, 0.717) is 0 Å². The zero-order chi connectivity index (χ0) is 11.5. The highest BCUT2D eigenvalue weighted by atomic mass is 16.6. The van der Waals surface area contributed by atoms with Gasteiger partial charge in [0.1, 0.15) is 6.54 Å². The molecule has 82 valence electrons. The van der Waals surface area contributed by atoms with Crippen LogP contribution in [0.2, 0.25) is 0 Å². The maximum absolute atomic E-state index is 11.5. The lowest BCUT2D eigenvalue weighted by Gasteiger charge is -1.93. The molecule has 0 N–H and O–H groups in total. The third kappa shape index (κ3) is 1.97. The Morgan fingerprint density at radius 1 is 1.56 bits per heavy atom. The van der Waals surface area contributed by atoms with E-state index in [1.54, 1.807) is 6.07 Å². The minimum Gasteiger partial charge on any atom is -0.461 e. The molecular weight excluding hydrogens is 214 g/mol. The summed E-state index contributed by atoms with van der Waals surface area (Å²) in [6, 6.07) is 4.36. The summed E-state index contributed by atoms with van der Waals surface area (Å²) in [6.45, 7) is -0.0820. The number of nitrogens with zero attached hydrogens (tertiary/aromatic N) is 3. The number of Topliss-reactive ketones (excluding diaryl/α,β-unsaturated/α-hetero) is 1. The number of ketones is 1. The quantitative estimate of drug-likeness (QED) is 0.440. The average Bonchev–Trinajstić information content (AvgIpc) is 2.87. The van der Waals surface area contributed by atoms with E-state index < -0.39 is 4.92 Å². The molecule has 7 heteroatoms. The summed E-state index contributed by atoms with van der Waals surface area (Å²) in [4.78, 5) is 21.3. The Morgan fingerprint density at radius 2 is 2.38 bits per heavy atom. The molecule has 0 saturated heterocycles. The second kappa shape index (κ2) is 3.97. The molecule has 0 aliphatic heterocycles. The van der Waals surface area contributed by atoms with Gasteiger partial charge in [0.2, 0.25) is 5.78 Å². The fraction of sp³-hybridized carbons (Fsp3) is 0.111. The van der Waals surface area contributed by atoms with Gasteiger partial charge in [-0.25, -0.2) is 0 Å². The highest BCUT2D eigenvalue weighted by Crippen LogP contribution is 2.07. The van der Waals surface area contributed by atoms with E-state index in [1.807, 2.05) is 0 Å². The highest BCUT2D eigenvalue weighted by Gasteiger charge is 2.15. The molecule has 0 spiro atoms. The smallest absolute Gasteiger partial charge is 0.389 e. The molecule has 16 heavy (non-hydrogen) atoms. The molecule has 0 bridgehead atoms. The molecule has 0 fully saturated rings. The first-order valence-corrected chi connectivity index (χ1v) is 4.41. The summed E-state index contributed by atoms with van der Waals surface area (Å²) < 4.78 is 6.09. The first kappa shape index (κ1) is 10.1. The molecule has 7 nitrogen and oxygen atoms in total. The van der Waals surface area contributed by atoms with Crippen molar-refractivity contribution < 1.29 is 14.1 Å². The first-order chi connectivity index (χ1) is 7.66. The summed E-state index contributed by atoms with van der Waals surface area (Å²) >= 11 is 0. The third-order valence-corrected chi connectivity index (χ3v) is 1.92. The van der Waals surface area contributed by atoms with Gasteiger partial charge in [-0.3, -0.25) is 4.79 Å². The van der Waals surface area contributed by atoms with Crippen LogP contribution < -0.4 is 0 Å². The van der Waals surface area contributed by atoms with Gasteiger partial charge in [0, 0.05) is 0 Å². The summed E-state index contributed by atoms with van der Waals surface area (Å²) in [5.74, 6) is -0.367. The maximum Gasteiger partial charge on any atom is 0.389 e. The number of rotatable bonds is 4. The molecule has 0 aliphatic rings. The van der Waals surface area contributed by atoms with Crippen molar-refractivity contribution in [3.8, 4) is 0 Å². The van der Waals surface area contributed by atoms with Gasteiger partial charge in [0.25, 0.3) is 0 Å². The summed E-state index contributed by atoms with van der Waals surface area (Å²) in [5, 5.41) is 14.0. The fourth-order valence-corrected chi connectivity index (χ4v) is 1.20. The third-order valence-electron chi connectivity index (χ3n) is 1.92. The molecule has 2 heterocycles.